The van der Waals surface area contributed by atoms with Gasteiger partial charge in [-0.05, 0) is 32.0 Å². The molecular weight excluding hydrogens is 324 g/mol. The van der Waals surface area contributed by atoms with Gasteiger partial charge in [-0.2, -0.15) is 0 Å². The van der Waals surface area contributed by atoms with E-state index < -0.39 is 0 Å². The van der Waals surface area contributed by atoms with Gasteiger partial charge in [0.05, 0.1) is 36.4 Å². The van der Waals surface area contributed by atoms with Crippen molar-refractivity contribution in [1.82, 2.24) is 14.7 Å². The summed E-state index contributed by atoms with van der Waals surface area (Å²) in [5.74, 6) is -0.141. The van der Waals surface area contributed by atoms with Crippen LogP contribution in [0, 0.1) is 0 Å². The van der Waals surface area contributed by atoms with Gasteiger partial charge in [-0.25, -0.2) is 4.98 Å². The van der Waals surface area contributed by atoms with E-state index in [0.717, 1.165) is 19.6 Å². The minimum Gasteiger partial charge on any atom is -0.346 e. The third-order valence-electron chi connectivity index (χ3n) is 4.20. The Morgan fingerprint density at radius 3 is 2.88 bits per heavy atom. The number of carbonyl (C=O) groups is 1. The molecule has 3 rings (SSSR count). The van der Waals surface area contributed by atoms with Gasteiger partial charge in [0.1, 0.15) is 10.5 Å². The number of quaternary nitrogens is 1. The van der Waals surface area contributed by atoms with Gasteiger partial charge in [0.15, 0.2) is 0 Å². The molecule has 0 saturated carbocycles. The lowest BCUT2D eigenvalue weighted by Gasteiger charge is -2.15. The summed E-state index contributed by atoms with van der Waals surface area (Å²) in [4.78, 5) is 31.9. The molecule has 2 N–H and O–H groups in total. The lowest BCUT2D eigenvalue weighted by Crippen LogP contribution is -3.12. The predicted molar refractivity (Wildman–Crippen MR) is 96.1 cm³/mol. The van der Waals surface area contributed by atoms with Crippen LogP contribution < -0.4 is 15.8 Å². The van der Waals surface area contributed by atoms with E-state index in [1.807, 2.05) is 6.07 Å². The summed E-state index contributed by atoms with van der Waals surface area (Å²) in [6.45, 7) is 7.88. The molecule has 1 amide bonds. The Hall–Kier alpha value is -2.25. The molecule has 6 nitrogen and oxygen atoms in total. The summed E-state index contributed by atoms with van der Waals surface area (Å²) < 4.78 is 1.50. The maximum Gasteiger partial charge on any atom is 0.266 e. The van der Waals surface area contributed by atoms with Gasteiger partial charge in [0.2, 0.25) is 0 Å². The molecule has 0 spiro atoms. The van der Waals surface area contributed by atoms with Crippen LogP contribution in [0.2, 0.25) is 0 Å². The SMILES string of the molecule is CC[NH+](CC)CCNC(=O)c1cc2c(=O)n3ccccc3nc2s1. The molecule has 3 aromatic heterocycles. The Morgan fingerprint density at radius 2 is 2.12 bits per heavy atom. The first kappa shape index (κ1) is 16.6. The van der Waals surface area contributed by atoms with E-state index in [-0.39, 0.29) is 11.5 Å². The van der Waals surface area contributed by atoms with Crippen molar-refractivity contribution >= 4 is 33.1 Å². The van der Waals surface area contributed by atoms with Crippen LogP contribution in [0.15, 0.2) is 35.3 Å². The second kappa shape index (κ2) is 7.11. The van der Waals surface area contributed by atoms with Gasteiger partial charge in [-0.15, -0.1) is 11.3 Å². The van der Waals surface area contributed by atoms with Crippen LogP contribution in [0.3, 0.4) is 0 Å². The Bertz CT molecular complexity index is 927. The fraction of sp³-hybridized carbons (Fsp3) is 0.353. The number of hydrogen-bond acceptors (Lipinski definition) is 4. The van der Waals surface area contributed by atoms with Crippen LogP contribution in [0.25, 0.3) is 15.9 Å². The second-order valence-electron chi connectivity index (χ2n) is 5.64. The Labute approximate surface area is 143 Å². The van der Waals surface area contributed by atoms with E-state index in [9.17, 15) is 9.59 Å². The highest BCUT2D eigenvalue weighted by atomic mass is 32.1. The van der Waals surface area contributed by atoms with Crippen molar-refractivity contribution in [2.45, 2.75) is 13.8 Å². The molecule has 0 aromatic carbocycles. The summed E-state index contributed by atoms with van der Waals surface area (Å²) in [7, 11) is 0. The molecule has 0 bridgehead atoms. The fourth-order valence-corrected chi connectivity index (χ4v) is 3.65. The van der Waals surface area contributed by atoms with Crippen LogP contribution in [0.5, 0.6) is 0 Å². The van der Waals surface area contributed by atoms with Crippen molar-refractivity contribution in [3.8, 4) is 0 Å². The van der Waals surface area contributed by atoms with E-state index in [4.69, 9.17) is 0 Å². The molecule has 0 aliphatic heterocycles. The topological polar surface area (TPSA) is 67.9 Å². The largest absolute Gasteiger partial charge is 0.346 e. The van der Waals surface area contributed by atoms with Crippen molar-refractivity contribution in [3.05, 3.63) is 45.7 Å². The molecule has 0 radical (unpaired) electrons. The number of hydrogen-bond donors (Lipinski definition) is 2. The van der Waals surface area contributed by atoms with Gasteiger partial charge < -0.3 is 10.2 Å². The van der Waals surface area contributed by atoms with Crippen molar-refractivity contribution < 1.29 is 9.69 Å². The van der Waals surface area contributed by atoms with Gasteiger partial charge in [0, 0.05) is 6.20 Å². The van der Waals surface area contributed by atoms with Crippen LogP contribution in [0.1, 0.15) is 23.5 Å². The van der Waals surface area contributed by atoms with Crippen LogP contribution >= 0.6 is 11.3 Å². The monoisotopic (exact) mass is 345 g/mol. The zero-order valence-electron chi connectivity index (χ0n) is 13.8. The molecule has 0 unspecified atom stereocenters. The minimum absolute atomic E-state index is 0.140. The highest BCUT2D eigenvalue weighted by Gasteiger charge is 2.15. The molecule has 7 heteroatoms. The fourth-order valence-electron chi connectivity index (χ4n) is 2.70. The first-order chi connectivity index (χ1) is 11.6. The Kier molecular flexibility index (Phi) is 4.92. The molecule has 0 atom stereocenters. The Balaban J connectivity index is 1.83. The maximum absolute atomic E-state index is 12.5. The molecule has 24 heavy (non-hydrogen) atoms. The van der Waals surface area contributed by atoms with Crippen molar-refractivity contribution in [3.63, 3.8) is 0 Å². The third-order valence-corrected chi connectivity index (χ3v) is 5.23. The quantitative estimate of drug-likeness (QED) is 0.686. The number of rotatable bonds is 6. The van der Waals surface area contributed by atoms with Gasteiger partial charge in [-0.1, -0.05) is 6.07 Å². The number of thiophene rings is 1. The molecule has 0 aliphatic rings. The molecule has 3 heterocycles. The number of fused-ring (bicyclic) bond motifs is 2. The summed E-state index contributed by atoms with van der Waals surface area (Å²) >= 11 is 1.26. The summed E-state index contributed by atoms with van der Waals surface area (Å²) in [5.41, 5.74) is 0.451. The van der Waals surface area contributed by atoms with E-state index in [1.54, 1.807) is 24.4 Å². The second-order valence-corrected chi connectivity index (χ2v) is 6.67. The number of nitrogens with one attached hydrogen (secondary N) is 2. The number of nitrogens with zero attached hydrogens (tertiary/aromatic N) is 2. The summed E-state index contributed by atoms with van der Waals surface area (Å²) in [6, 6.07) is 7.06. The summed E-state index contributed by atoms with van der Waals surface area (Å²) in [5, 5.41) is 3.42. The normalized spacial score (nSPS) is 11.5. The zero-order valence-corrected chi connectivity index (χ0v) is 14.7. The van der Waals surface area contributed by atoms with Crippen molar-refractivity contribution in [2.24, 2.45) is 0 Å². The van der Waals surface area contributed by atoms with Crippen LogP contribution in [0.4, 0.5) is 0 Å². The van der Waals surface area contributed by atoms with Gasteiger partial charge in [0.25, 0.3) is 11.5 Å². The average Bonchev–Trinajstić information content (AvgIpc) is 3.03. The van der Waals surface area contributed by atoms with Gasteiger partial charge >= 0.3 is 0 Å². The molecule has 0 fully saturated rings. The number of amides is 1. The predicted octanol–water partition coefficient (Wildman–Crippen LogP) is 0.564. The van der Waals surface area contributed by atoms with Crippen LogP contribution in [-0.2, 0) is 0 Å². The molecule has 0 aliphatic carbocycles. The van der Waals surface area contributed by atoms with Gasteiger partial charge in [-0.3, -0.25) is 14.0 Å². The first-order valence-electron chi connectivity index (χ1n) is 8.16. The molecule has 3 aromatic rings. The van der Waals surface area contributed by atoms with E-state index in [2.05, 4.69) is 24.1 Å². The number of pyridine rings is 1. The smallest absolute Gasteiger partial charge is 0.266 e. The highest BCUT2D eigenvalue weighted by Crippen LogP contribution is 2.21. The number of aromatic nitrogens is 2. The maximum atomic E-state index is 12.5. The zero-order chi connectivity index (χ0) is 17.1. The molecule has 0 saturated heterocycles. The minimum atomic E-state index is -0.141. The van der Waals surface area contributed by atoms with E-state index in [1.165, 1.54) is 20.6 Å². The van der Waals surface area contributed by atoms with E-state index in [0.29, 0.717) is 27.3 Å². The lowest BCUT2D eigenvalue weighted by atomic mass is 10.3. The van der Waals surface area contributed by atoms with Crippen molar-refractivity contribution in [2.75, 3.05) is 26.2 Å². The summed E-state index contributed by atoms with van der Waals surface area (Å²) in [6.07, 6.45) is 1.69. The molecular formula is C17H21N4O2S+. The van der Waals surface area contributed by atoms with Crippen molar-refractivity contribution in [1.29, 1.82) is 0 Å². The van der Waals surface area contributed by atoms with Crippen LogP contribution in [-0.4, -0.2) is 41.5 Å². The average molecular weight is 345 g/mol. The Morgan fingerprint density at radius 1 is 1.33 bits per heavy atom. The van der Waals surface area contributed by atoms with E-state index >= 15 is 0 Å². The highest BCUT2D eigenvalue weighted by molar-refractivity contribution is 7.20. The standard InChI is InChI=1S/C17H20N4O2S/c1-3-20(4-2)10-8-18-15(22)13-11-12-16(24-13)19-14-7-5-6-9-21(14)17(12)23/h5-7,9,11H,3-4,8,10H2,1-2H3,(H,18,22)/p+1. The first-order valence-corrected chi connectivity index (χ1v) is 8.98. The number of likely N-dealkylation sites (N-methyl/N-ethyl adjacent to an activating group) is 1. The third kappa shape index (κ3) is 3.18. The lowest BCUT2D eigenvalue weighted by molar-refractivity contribution is -0.895. The number of carbonyl (C=O) groups excluding carboxylic acids is 1. The molecule has 126 valence electrons.